The molecule has 8 nitrogen and oxygen atoms in total. The first-order chi connectivity index (χ1) is 19.9. The molecule has 6 rings (SSSR count). The van der Waals surface area contributed by atoms with E-state index in [4.69, 9.17) is 4.74 Å². The zero-order valence-electron chi connectivity index (χ0n) is 22.7. The van der Waals surface area contributed by atoms with Gasteiger partial charge >= 0.3 is 6.18 Å². The van der Waals surface area contributed by atoms with Crippen LogP contribution in [-0.4, -0.2) is 81.9 Å². The summed E-state index contributed by atoms with van der Waals surface area (Å²) in [6, 6.07) is 26.6. The van der Waals surface area contributed by atoms with Crippen LogP contribution in [0.2, 0.25) is 0 Å². The van der Waals surface area contributed by atoms with Gasteiger partial charge in [0.1, 0.15) is 5.75 Å². The van der Waals surface area contributed by atoms with Crippen molar-refractivity contribution < 1.29 is 17.9 Å². The first-order valence-electron chi connectivity index (χ1n) is 13.7. The molecule has 2 aliphatic heterocycles. The Morgan fingerprint density at radius 1 is 0.976 bits per heavy atom. The number of piperazine rings is 2. The smallest absolute Gasteiger partial charge is 0.453 e. The van der Waals surface area contributed by atoms with Crippen LogP contribution in [0.15, 0.2) is 78.9 Å². The molecule has 2 aliphatic rings. The monoisotopic (exact) mass is 563 g/mol. The second-order valence-corrected chi connectivity index (χ2v) is 10.6. The highest BCUT2D eigenvalue weighted by Gasteiger charge is 2.41. The standard InChI is InChI=1S/C30H32F3N7O/c1-41-27-13-12-24(40-29(30(31,32)33)35-36-37-40)16-23(27)18-38-19-25-17-34-14-15-39(25)26(20-38)28(21-8-4-2-5-9-21)22-10-6-3-7-11-22/h2-13,16,25-26,28,34H,14-15,17-20H2,1H3/t25-,26-/m1/s1. The molecule has 11 heteroatoms. The van der Waals surface area contributed by atoms with Gasteiger partial charge in [-0.3, -0.25) is 9.80 Å². The number of halogens is 3. The maximum atomic E-state index is 13.5. The number of methoxy groups -OCH3 is 1. The molecule has 3 aromatic carbocycles. The lowest BCUT2D eigenvalue weighted by molar-refractivity contribution is -0.146. The normalized spacial score (nSPS) is 20.2. The van der Waals surface area contributed by atoms with Gasteiger partial charge < -0.3 is 10.1 Å². The molecule has 0 radical (unpaired) electrons. The number of ether oxygens (including phenoxy) is 1. The highest BCUT2D eigenvalue weighted by atomic mass is 19.4. The molecule has 41 heavy (non-hydrogen) atoms. The fourth-order valence-electron chi connectivity index (χ4n) is 6.31. The van der Waals surface area contributed by atoms with E-state index in [1.807, 2.05) is 12.1 Å². The number of nitrogens with zero attached hydrogens (tertiary/aromatic N) is 6. The Kier molecular flexibility index (Phi) is 7.74. The minimum absolute atomic E-state index is 0.157. The molecule has 0 saturated carbocycles. The topological polar surface area (TPSA) is 71.3 Å². The van der Waals surface area contributed by atoms with Crippen molar-refractivity contribution in [2.75, 3.05) is 39.8 Å². The van der Waals surface area contributed by atoms with Gasteiger partial charge in [-0.2, -0.15) is 17.9 Å². The number of fused-ring (bicyclic) bond motifs is 1. The van der Waals surface area contributed by atoms with Crippen molar-refractivity contribution >= 4 is 0 Å². The molecule has 2 saturated heterocycles. The van der Waals surface area contributed by atoms with Gasteiger partial charge in [0.25, 0.3) is 5.82 Å². The average molecular weight is 564 g/mol. The van der Waals surface area contributed by atoms with Crippen LogP contribution in [0.4, 0.5) is 13.2 Å². The van der Waals surface area contributed by atoms with Crippen molar-refractivity contribution in [3.8, 4) is 11.4 Å². The molecule has 0 unspecified atom stereocenters. The molecule has 214 valence electrons. The summed E-state index contributed by atoms with van der Waals surface area (Å²) >= 11 is 0. The number of tetrazole rings is 1. The van der Waals surface area contributed by atoms with Crippen LogP contribution in [0, 0.1) is 0 Å². The third-order valence-corrected chi connectivity index (χ3v) is 8.06. The number of aromatic nitrogens is 4. The van der Waals surface area contributed by atoms with Gasteiger partial charge in [-0.1, -0.05) is 60.7 Å². The molecule has 2 atom stereocenters. The summed E-state index contributed by atoms with van der Waals surface area (Å²) < 4.78 is 47.0. The Labute approximate surface area is 236 Å². The Morgan fingerprint density at radius 3 is 2.34 bits per heavy atom. The number of rotatable bonds is 7. The zero-order chi connectivity index (χ0) is 28.4. The first kappa shape index (κ1) is 27.4. The van der Waals surface area contributed by atoms with Crippen LogP contribution in [0.1, 0.15) is 28.4 Å². The first-order valence-corrected chi connectivity index (χ1v) is 13.7. The third-order valence-electron chi connectivity index (χ3n) is 8.06. The van der Waals surface area contributed by atoms with E-state index < -0.39 is 12.0 Å². The lowest BCUT2D eigenvalue weighted by Crippen LogP contribution is -2.66. The van der Waals surface area contributed by atoms with Crippen molar-refractivity contribution in [3.63, 3.8) is 0 Å². The van der Waals surface area contributed by atoms with E-state index in [1.165, 1.54) is 11.1 Å². The SMILES string of the molecule is COc1ccc(-n2nnnc2C(F)(F)F)cc1CN1C[C@H]2CNCCN2[C@@H](C(c2ccccc2)c2ccccc2)C1. The summed E-state index contributed by atoms with van der Waals surface area (Å²) in [5.41, 5.74) is 3.54. The van der Waals surface area contributed by atoms with Crippen LogP contribution in [0.3, 0.4) is 0 Å². The van der Waals surface area contributed by atoms with Crippen LogP contribution in [-0.2, 0) is 12.7 Å². The maximum absolute atomic E-state index is 13.5. The lowest BCUT2D eigenvalue weighted by atomic mass is 9.81. The lowest BCUT2D eigenvalue weighted by Gasteiger charge is -2.52. The van der Waals surface area contributed by atoms with Crippen molar-refractivity contribution in [2.24, 2.45) is 0 Å². The minimum atomic E-state index is -4.68. The zero-order valence-corrected chi connectivity index (χ0v) is 22.7. The molecule has 0 bridgehead atoms. The number of hydrogen-bond acceptors (Lipinski definition) is 7. The van der Waals surface area contributed by atoms with Gasteiger partial charge in [-0.15, -0.1) is 5.10 Å². The van der Waals surface area contributed by atoms with Gasteiger partial charge in [0.2, 0.25) is 0 Å². The second-order valence-electron chi connectivity index (χ2n) is 10.6. The molecular weight excluding hydrogens is 531 g/mol. The Bertz CT molecular complexity index is 1410. The van der Waals surface area contributed by atoms with Gasteiger partial charge in [0, 0.05) is 62.8 Å². The summed E-state index contributed by atoms with van der Waals surface area (Å²) in [4.78, 5) is 5.03. The number of alkyl halides is 3. The molecule has 1 aromatic heterocycles. The van der Waals surface area contributed by atoms with Gasteiger partial charge in [-0.25, -0.2) is 0 Å². The molecular formula is C30H32F3N7O. The Balaban J connectivity index is 1.35. The predicted octanol–water partition coefficient (Wildman–Crippen LogP) is 3.98. The van der Waals surface area contributed by atoms with Gasteiger partial charge in [0.15, 0.2) is 0 Å². The molecule has 3 heterocycles. The third kappa shape index (κ3) is 5.70. The van der Waals surface area contributed by atoms with E-state index >= 15 is 0 Å². The second kappa shape index (κ2) is 11.6. The van der Waals surface area contributed by atoms with E-state index in [0.717, 1.165) is 43.0 Å². The average Bonchev–Trinajstić information content (AvgIpc) is 3.50. The highest BCUT2D eigenvalue weighted by Crippen LogP contribution is 2.36. The number of nitrogens with one attached hydrogen (secondary N) is 1. The van der Waals surface area contributed by atoms with Crippen molar-refractivity contribution in [3.05, 3.63) is 101 Å². The molecule has 2 fully saturated rings. The maximum Gasteiger partial charge on any atom is 0.453 e. The van der Waals surface area contributed by atoms with Gasteiger partial charge in [0.05, 0.1) is 12.8 Å². The molecule has 0 aliphatic carbocycles. The largest absolute Gasteiger partial charge is 0.496 e. The Hall–Kier alpha value is -3.80. The Morgan fingerprint density at radius 2 is 1.68 bits per heavy atom. The van der Waals surface area contributed by atoms with Crippen LogP contribution in [0.25, 0.3) is 5.69 Å². The van der Waals surface area contributed by atoms with E-state index in [-0.39, 0.29) is 17.6 Å². The van der Waals surface area contributed by atoms with E-state index in [2.05, 4.69) is 79.2 Å². The molecule has 0 spiro atoms. The fourth-order valence-corrected chi connectivity index (χ4v) is 6.31. The fraction of sp³-hybridized carbons (Fsp3) is 0.367. The quantitative estimate of drug-likeness (QED) is 0.365. The van der Waals surface area contributed by atoms with E-state index in [9.17, 15) is 13.2 Å². The number of benzene rings is 3. The molecule has 1 N–H and O–H groups in total. The summed E-state index contributed by atoms with van der Waals surface area (Å²) in [7, 11) is 1.57. The number of hydrogen-bond donors (Lipinski definition) is 1. The predicted molar refractivity (Wildman–Crippen MR) is 148 cm³/mol. The summed E-state index contributed by atoms with van der Waals surface area (Å²) in [6.45, 7) is 4.89. The van der Waals surface area contributed by atoms with Crippen molar-refractivity contribution in [1.29, 1.82) is 0 Å². The van der Waals surface area contributed by atoms with Gasteiger partial charge in [-0.05, 0) is 39.8 Å². The van der Waals surface area contributed by atoms with Crippen LogP contribution in [0.5, 0.6) is 5.75 Å². The van der Waals surface area contributed by atoms with Crippen molar-refractivity contribution in [2.45, 2.75) is 30.7 Å². The van der Waals surface area contributed by atoms with Crippen molar-refractivity contribution in [1.82, 2.24) is 35.3 Å². The molecule has 0 amide bonds. The van der Waals surface area contributed by atoms with E-state index in [0.29, 0.717) is 18.3 Å². The van der Waals surface area contributed by atoms with Crippen LogP contribution >= 0.6 is 0 Å². The van der Waals surface area contributed by atoms with E-state index in [1.54, 1.807) is 25.3 Å². The highest BCUT2D eigenvalue weighted by molar-refractivity contribution is 5.44. The summed E-state index contributed by atoms with van der Waals surface area (Å²) in [6.07, 6.45) is -4.68. The molecule has 4 aromatic rings. The van der Waals surface area contributed by atoms with Crippen LogP contribution < -0.4 is 10.1 Å². The summed E-state index contributed by atoms with van der Waals surface area (Å²) in [5.74, 6) is -0.396. The minimum Gasteiger partial charge on any atom is -0.496 e. The summed E-state index contributed by atoms with van der Waals surface area (Å²) in [5, 5.41) is 13.7.